The molecule has 0 aliphatic carbocycles. The molecule has 23 nitrogen and oxygen atoms in total. The van der Waals surface area contributed by atoms with Gasteiger partial charge in [-0.15, -0.1) is 0 Å². The van der Waals surface area contributed by atoms with E-state index in [-0.39, 0.29) is 82.7 Å². The van der Waals surface area contributed by atoms with Gasteiger partial charge in [0, 0.05) is 92.1 Å². The summed E-state index contributed by atoms with van der Waals surface area (Å²) in [4.78, 5) is 63.6. The van der Waals surface area contributed by atoms with E-state index < -0.39 is 24.6 Å². The van der Waals surface area contributed by atoms with Crippen LogP contribution in [-0.4, -0.2) is 90.0 Å². The van der Waals surface area contributed by atoms with Crippen LogP contribution in [0, 0.1) is 57.5 Å². The van der Waals surface area contributed by atoms with Crippen molar-refractivity contribution >= 4 is 92.2 Å². The van der Waals surface area contributed by atoms with Crippen molar-refractivity contribution in [1.82, 2.24) is 4.90 Å². The Morgan fingerprint density at radius 2 is 1.05 bits per heavy atom. The molecular formula is C48H53Cl5N6O17. The largest absolute Gasteiger partial charge is 0.495 e. The number of non-ortho nitro benzene ring substituents is 2. The van der Waals surface area contributed by atoms with Gasteiger partial charge in [-0.25, -0.2) is 0 Å². The third-order valence-electron chi connectivity index (χ3n) is 9.09. The normalized spacial score (nSPS) is 10.1. The number of nitro groups is 5. The van der Waals surface area contributed by atoms with Crippen LogP contribution in [0.1, 0.15) is 56.5 Å². The second kappa shape index (κ2) is 33.5. The van der Waals surface area contributed by atoms with Crippen molar-refractivity contribution in [1.29, 1.82) is 0 Å². The van der Waals surface area contributed by atoms with E-state index in [0.29, 0.717) is 41.6 Å². The monoisotopic (exact) mass is 1160 g/mol. The van der Waals surface area contributed by atoms with Crippen LogP contribution in [0.4, 0.5) is 28.4 Å². The maximum absolute atomic E-state index is 11.5. The minimum Gasteiger partial charge on any atom is -0.495 e. The van der Waals surface area contributed by atoms with Crippen molar-refractivity contribution in [3.63, 3.8) is 0 Å². The molecule has 5 rings (SSSR count). The minimum atomic E-state index is -0.545. The second-order valence-electron chi connectivity index (χ2n) is 15.2. The first kappa shape index (κ1) is 66.6. The van der Waals surface area contributed by atoms with E-state index in [2.05, 4.69) is 0 Å². The van der Waals surface area contributed by atoms with E-state index in [9.17, 15) is 55.4 Å². The third kappa shape index (κ3) is 21.8. The number of hydrogen-bond donors (Lipinski definition) is 0. The second-order valence-corrected chi connectivity index (χ2v) is 17.2. The number of benzene rings is 5. The van der Waals surface area contributed by atoms with Gasteiger partial charge in [0.25, 0.3) is 17.1 Å². The van der Waals surface area contributed by atoms with Crippen LogP contribution in [0.2, 0.25) is 25.1 Å². The smallest absolute Gasteiger partial charge is 0.312 e. The Bertz CT molecular complexity index is 2840. The number of nitrogens with zero attached hydrogens (tertiary/aromatic N) is 6. The standard InChI is InChI=1S/C11H14ClNO4.C11H12N2O3.C9H10ClNO4.C9H10ClNO3.C8H7Cl2NO3/c1-3-4-5-17-11-7-10(16-2)8(12)6-9(11)13(14)15;1-12(2)8-7-11(14)9-3-5-10(6-4-9)13(15)16;1-3-15-9-5-8(14-2)6(10)4-7(9)11(12)13;1-6(2)14-9-4-3-7(11(12)13)5-8(9)10;1-4-6(11(12)13)3-5(9)8(14-2)7(4)10/h6-7H,3-5H2,1-2H3;3-8H,1-2H3;4-5H,3H2,1-2H3;3-6H,1-2H3;3H,1-2H3. The van der Waals surface area contributed by atoms with Gasteiger partial charge in [-0.3, -0.25) is 55.4 Å². The topological polar surface area (TPSA) is 291 Å². The summed E-state index contributed by atoms with van der Waals surface area (Å²) in [5.41, 5.74) is 0.302. The van der Waals surface area contributed by atoms with Crippen LogP contribution in [0.3, 0.4) is 0 Å². The quantitative estimate of drug-likeness (QED) is 0.0244. The fourth-order valence-corrected chi connectivity index (χ4v) is 6.72. The molecule has 0 unspecified atom stereocenters. The van der Waals surface area contributed by atoms with Crippen LogP contribution in [0.5, 0.6) is 34.5 Å². The highest BCUT2D eigenvalue weighted by atomic mass is 35.5. The fraction of sp³-hybridized carbons (Fsp3) is 0.312. The predicted octanol–water partition coefficient (Wildman–Crippen LogP) is 14.2. The number of allylic oxidation sites excluding steroid dienone is 1. The molecule has 0 N–H and O–H groups in total. The van der Waals surface area contributed by atoms with Gasteiger partial charge < -0.3 is 33.3 Å². The highest BCUT2D eigenvalue weighted by molar-refractivity contribution is 6.38. The Labute approximate surface area is 461 Å². The molecule has 412 valence electrons. The molecule has 0 bridgehead atoms. The number of ketones is 1. The summed E-state index contributed by atoms with van der Waals surface area (Å²) >= 11 is 28.9. The molecule has 0 saturated heterocycles. The number of carbonyl (C=O) groups excluding carboxylic acids is 1. The first-order valence-corrected chi connectivity index (χ1v) is 23.8. The van der Waals surface area contributed by atoms with E-state index >= 15 is 0 Å². The van der Waals surface area contributed by atoms with Crippen LogP contribution in [0.15, 0.2) is 85.1 Å². The molecule has 0 atom stereocenters. The van der Waals surface area contributed by atoms with Gasteiger partial charge in [0.1, 0.15) is 17.2 Å². The van der Waals surface area contributed by atoms with Crippen LogP contribution in [0.25, 0.3) is 0 Å². The molecular weight excluding hydrogens is 1110 g/mol. The SMILES string of the molecule is CC(C)Oc1ccc([N+](=O)[O-])cc1Cl.CCCCOc1cc(OC)c(Cl)cc1[N+](=O)[O-].CCOc1cc(OC)c(Cl)cc1[N+](=O)[O-].CN(C)C=CC(=O)c1ccc([N+](=O)[O-])cc1.COc1c(Cl)cc([N+](=O)[O-])c(C)c1Cl. The van der Waals surface area contributed by atoms with E-state index in [1.165, 1.54) is 100 Å². The lowest BCUT2D eigenvalue weighted by molar-refractivity contribution is -0.386. The highest BCUT2D eigenvalue weighted by Crippen LogP contribution is 2.41. The van der Waals surface area contributed by atoms with E-state index in [0.717, 1.165) is 12.8 Å². The highest BCUT2D eigenvalue weighted by Gasteiger charge is 2.22. The van der Waals surface area contributed by atoms with Crippen LogP contribution >= 0.6 is 58.0 Å². The Morgan fingerprint density at radius 3 is 1.45 bits per heavy atom. The molecule has 0 aliphatic rings. The molecule has 0 amide bonds. The fourth-order valence-electron chi connectivity index (χ4n) is 5.43. The van der Waals surface area contributed by atoms with Gasteiger partial charge in [0.2, 0.25) is 11.5 Å². The molecule has 0 spiro atoms. The number of methoxy groups -OCH3 is 3. The van der Waals surface area contributed by atoms with E-state index in [1.54, 1.807) is 39.0 Å². The van der Waals surface area contributed by atoms with Crippen molar-refractivity contribution in [2.75, 3.05) is 48.6 Å². The molecule has 5 aromatic rings. The Morgan fingerprint density at radius 1 is 0.592 bits per heavy atom. The maximum Gasteiger partial charge on any atom is 0.312 e. The summed E-state index contributed by atoms with van der Waals surface area (Å²) in [6.45, 7) is 9.79. The van der Waals surface area contributed by atoms with Crippen molar-refractivity contribution in [3.8, 4) is 34.5 Å². The molecule has 28 heteroatoms. The average molecular weight is 1160 g/mol. The molecule has 0 aromatic heterocycles. The van der Waals surface area contributed by atoms with Gasteiger partial charge in [-0.1, -0.05) is 71.3 Å². The number of rotatable bonds is 19. The van der Waals surface area contributed by atoms with Crippen molar-refractivity contribution in [2.45, 2.75) is 53.6 Å². The zero-order valence-electron chi connectivity index (χ0n) is 42.5. The molecule has 0 heterocycles. The Balaban J connectivity index is 0.000000476. The average Bonchev–Trinajstić information content (AvgIpc) is 3.36. The molecule has 5 aromatic carbocycles. The first-order valence-electron chi connectivity index (χ1n) is 21.9. The van der Waals surface area contributed by atoms with Crippen molar-refractivity contribution in [2.24, 2.45) is 0 Å². The number of ether oxygens (including phenoxy) is 6. The first-order chi connectivity index (χ1) is 35.7. The van der Waals surface area contributed by atoms with Crippen molar-refractivity contribution in [3.05, 3.63) is 172 Å². The number of hydrogen-bond acceptors (Lipinski definition) is 18. The molecule has 0 fully saturated rings. The summed E-state index contributed by atoms with van der Waals surface area (Å²) in [7, 11) is 7.89. The summed E-state index contributed by atoms with van der Waals surface area (Å²) < 4.78 is 30.6. The lowest BCUT2D eigenvalue weighted by Crippen LogP contribution is -2.05. The number of carbonyl (C=O) groups is 1. The predicted molar refractivity (Wildman–Crippen MR) is 289 cm³/mol. The number of nitro benzene ring substituents is 5. The summed E-state index contributed by atoms with van der Waals surface area (Å²) in [5, 5.41) is 53.8. The summed E-state index contributed by atoms with van der Waals surface area (Å²) in [5.74, 6) is 1.61. The van der Waals surface area contributed by atoms with Crippen LogP contribution in [-0.2, 0) is 0 Å². The lowest BCUT2D eigenvalue weighted by atomic mass is 10.1. The third-order valence-corrected chi connectivity index (χ3v) is 10.7. The Kier molecular flexibility index (Phi) is 29.3. The van der Waals surface area contributed by atoms with Crippen LogP contribution < -0.4 is 28.4 Å². The lowest BCUT2D eigenvalue weighted by Gasteiger charge is -2.10. The number of unbranched alkanes of at least 4 members (excludes halogenated alkanes) is 1. The van der Waals surface area contributed by atoms with Gasteiger partial charge in [0.05, 0.1) is 90.4 Å². The van der Waals surface area contributed by atoms with E-state index in [1.807, 2.05) is 20.8 Å². The van der Waals surface area contributed by atoms with Crippen molar-refractivity contribution < 1.29 is 57.8 Å². The zero-order chi connectivity index (χ0) is 58.0. The van der Waals surface area contributed by atoms with Gasteiger partial charge in [-0.05, 0) is 52.3 Å². The van der Waals surface area contributed by atoms with Gasteiger partial charge in [0.15, 0.2) is 11.5 Å². The number of halogens is 5. The molecule has 0 saturated carbocycles. The van der Waals surface area contributed by atoms with E-state index in [4.69, 9.17) is 86.4 Å². The molecule has 0 radical (unpaired) electrons. The van der Waals surface area contributed by atoms with Gasteiger partial charge >= 0.3 is 11.4 Å². The Hall–Kier alpha value is -7.44. The summed E-state index contributed by atoms with van der Waals surface area (Å²) in [6.07, 6.45) is 4.83. The zero-order valence-corrected chi connectivity index (χ0v) is 46.3. The molecule has 76 heavy (non-hydrogen) atoms. The van der Waals surface area contributed by atoms with Gasteiger partial charge in [-0.2, -0.15) is 0 Å². The minimum absolute atomic E-state index is 0.00560. The maximum atomic E-state index is 11.5. The summed E-state index contributed by atoms with van der Waals surface area (Å²) in [6, 6.07) is 16.2. The molecule has 0 aliphatic heterocycles.